The Hall–Kier alpha value is -0.820. The van der Waals surface area contributed by atoms with E-state index in [9.17, 15) is 0 Å². The highest BCUT2D eigenvalue weighted by Gasteiger charge is 2.26. The molecule has 0 bridgehead atoms. The summed E-state index contributed by atoms with van der Waals surface area (Å²) in [5.41, 5.74) is 4.46. The molecule has 94 valence electrons. The van der Waals surface area contributed by atoms with Crippen LogP contribution in [0.25, 0.3) is 0 Å². The monoisotopic (exact) mass is 231 g/mol. The molecule has 1 aliphatic rings. The Morgan fingerprint density at radius 2 is 1.94 bits per heavy atom. The van der Waals surface area contributed by atoms with Crippen molar-refractivity contribution < 1.29 is 0 Å². The number of hydrogen-bond acceptors (Lipinski definition) is 1. The van der Waals surface area contributed by atoms with E-state index in [1.165, 1.54) is 36.8 Å². The largest absolute Gasteiger partial charge is 0.319 e. The van der Waals surface area contributed by atoms with Crippen molar-refractivity contribution in [3.63, 3.8) is 0 Å². The number of aryl methyl sites for hydroxylation is 2. The van der Waals surface area contributed by atoms with Crippen LogP contribution in [0.4, 0.5) is 0 Å². The summed E-state index contributed by atoms with van der Waals surface area (Å²) in [4.78, 5) is 0. The van der Waals surface area contributed by atoms with Gasteiger partial charge in [-0.05, 0) is 63.2 Å². The van der Waals surface area contributed by atoms with Gasteiger partial charge in [0.2, 0.25) is 0 Å². The Bertz CT molecular complexity index is 368. The molecule has 0 spiro atoms. The average Bonchev–Trinajstić information content (AvgIpc) is 2.31. The standard InChI is InChI=1S/C16H25N/c1-12-8-9-15(13(2)10-12)16-7-5-4-6-14(16)11-17-3/h8-10,14,16-17H,4-7,11H2,1-3H3. The van der Waals surface area contributed by atoms with Crippen molar-refractivity contribution in [2.24, 2.45) is 5.92 Å². The third kappa shape index (κ3) is 2.90. The van der Waals surface area contributed by atoms with Crippen LogP contribution in [-0.2, 0) is 0 Å². The highest BCUT2D eigenvalue weighted by Crippen LogP contribution is 2.38. The van der Waals surface area contributed by atoms with Gasteiger partial charge in [-0.15, -0.1) is 0 Å². The Balaban J connectivity index is 2.23. The molecule has 2 unspecified atom stereocenters. The van der Waals surface area contributed by atoms with E-state index < -0.39 is 0 Å². The smallest absolute Gasteiger partial charge is 0.00177 e. The van der Waals surface area contributed by atoms with Gasteiger partial charge in [0.05, 0.1) is 0 Å². The topological polar surface area (TPSA) is 12.0 Å². The van der Waals surface area contributed by atoms with Gasteiger partial charge in [-0.1, -0.05) is 36.6 Å². The van der Waals surface area contributed by atoms with Gasteiger partial charge < -0.3 is 5.32 Å². The molecule has 1 N–H and O–H groups in total. The summed E-state index contributed by atoms with van der Waals surface area (Å²) < 4.78 is 0. The van der Waals surface area contributed by atoms with Crippen molar-refractivity contribution in [2.75, 3.05) is 13.6 Å². The quantitative estimate of drug-likeness (QED) is 0.834. The second-order valence-corrected chi connectivity index (χ2v) is 5.57. The maximum absolute atomic E-state index is 3.37. The first-order valence-corrected chi connectivity index (χ1v) is 6.94. The molecule has 1 aromatic rings. The third-order valence-corrected chi connectivity index (χ3v) is 4.20. The fourth-order valence-electron chi connectivity index (χ4n) is 3.37. The van der Waals surface area contributed by atoms with E-state index in [-0.39, 0.29) is 0 Å². The van der Waals surface area contributed by atoms with Crippen LogP contribution in [0.5, 0.6) is 0 Å². The van der Waals surface area contributed by atoms with Crippen LogP contribution in [0, 0.1) is 19.8 Å². The van der Waals surface area contributed by atoms with Crippen LogP contribution in [0.1, 0.15) is 48.3 Å². The van der Waals surface area contributed by atoms with Crippen molar-refractivity contribution in [3.8, 4) is 0 Å². The van der Waals surface area contributed by atoms with Crippen LogP contribution in [0.3, 0.4) is 0 Å². The van der Waals surface area contributed by atoms with Crippen LogP contribution in [0.2, 0.25) is 0 Å². The van der Waals surface area contributed by atoms with E-state index in [1.54, 1.807) is 5.56 Å². The molecular formula is C16H25N. The molecule has 0 heterocycles. The minimum Gasteiger partial charge on any atom is -0.319 e. The predicted octanol–water partition coefficient (Wildman–Crippen LogP) is 3.80. The number of nitrogens with one attached hydrogen (secondary N) is 1. The molecule has 1 saturated carbocycles. The molecule has 0 radical (unpaired) electrons. The minimum atomic E-state index is 0.775. The summed E-state index contributed by atoms with van der Waals surface area (Å²) in [6.45, 7) is 5.62. The van der Waals surface area contributed by atoms with Gasteiger partial charge in [0.25, 0.3) is 0 Å². The van der Waals surface area contributed by atoms with Gasteiger partial charge in [-0.25, -0.2) is 0 Å². The van der Waals surface area contributed by atoms with Gasteiger partial charge in [0.15, 0.2) is 0 Å². The predicted molar refractivity (Wildman–Crippen MR) is 74.5 cm³/mol. The van der Waals surface area contributed by atoms with E-state index in [2.05, 4.69) is 44.4 Å². The normalized spacial score (nSPS) is 24.9. The van der Waals surface area contributed by atoms with Crippen LogP contribution in [-0.4, -0.2) is 13.6 Å². The SMILES string of the molecule is CNCC1CCCCC1c1ccc(C)cc1C. The highest BCUT2D eigenvalue weighted by atomic mass is 14.8. The molecule has 1 nitrogen and oxygen atoms in total. The van der Waals surface area contributed by atoms with Gasteiger partial charge in [-0.2, -0.15) is 0 Å². The summed E-state index contributed by atoms with van der Waals surface area (Å²) in [5.74, 6) is 1.60. The molecule has 1 heteroatoms. The fourth-order valence-corrected chi connectivity index (χ4v) is 3.37. The summed E-state index contributed by atoms with van der Waals surface area (Å²) in [7, 11) is 2.08. The lowest BCUT2D eigenvalue weighted by molar-refractivity contribution is 0.300. The Morgan fingerprint density at radius 3 is 2.65 bits per heavy atom. The fraction of sp³-hybridized carbons (Fsp3) is 0.625. The zero-order chi connectivity index (χ0) is 12.3. The molecule has 0 aromatic heterocycles. The summed E-state index contributed by atoms with van der Waals surface area (Å²) >= 11 is 0. The lowest BCUT2D eigenvalue weighted by Crippen LogP contribution is -2.27. The Kier molecular flexibility index (Phi) is 4.22. The maximum Gasteiger partial charge on any atom is -0.00177 e. The van der Waals surface area contributed by atoms with Crippen molar-refractivity contribution >= 4 is 0 Å². The average molecular weight is 231 g/mol. The first kappa shape index (κ1) is 12.6. The summed E-state index contributed by atoms with van der Waals surface area (Å²) in [6.07, 6.45) is 5.57. The molecule has 1 aliphatic carbocycles. The highest BCUT2D eigenvalue weighted by molar-refractivity contribution is 5.33. The number of rotatable bonds is 3. The van der Waals surface area contributed by atoms with Gasteiger partial charge in [0, 0.05) is 0 Å². The van der Waals surface area contributed by atoms with E-state index >= 15 is 0 Å². The van der Waals surface area contributed by atoms with E-state index in [1.807, 2.05) is 0 Å². The van der Waals surface area contributed by atoms with Crippen molar-refractivity contribution in [2.45, 2.75) is 45.4 Å². The van der Waals surface area contributed by atoms with E-state index in [0.717, 1.165) is 18.4 Å². The van der Waals surface area contributed by atoms with Crippen LogP contribution >= 0.6 is 0 Å². The molecule has 1 fully saturated rings. The lowest BCUT2D eigenvalue weighted by atomic mass is 9.74. The van der Waals surface area contributed by atoms with E-state index in [0.29, 0.717) is 0 Å². The first-order valence-electron chi connectivity index (χ1n) is 6.94. The van der Waals surface area contributed by atoms with Gasteiger partial charge in [-0.3, -0.25) is 0 Å². The second-order valence-electron chi connectivity index (χ2n) is 5.57. The number of hydrogen-bond donors (Lipinski definition) is 1. The van der Waals surface area contributed by atoms with Crippen molar-refractivity contribution in [1.82, 2.24) is 5.32 Å². The third-order valence-electron chi connectivity index (χ3n) is 4.20. The van der Waals surface area contributed by atoms with Crippen molar-refractivity contribution in [3.05, 3.63) is 34.9 Å². The summed E-state index contributed by atoms with van der Waals surface area (Å²) in [6, 6.07) is 6.97. The lowest BCUT2D eigenvalue weighted by Gasteiger charge is -2.33. The Morgan fingerprint density at radius 1 is 1.18 bits per heavy atom. The van der Waals surface area contributed by atoms with Crippen LogP contribution in [0.15, 0.2) is 18.2 Å². The zero-order valence-corrected chi connectivity index (χ0v) is 11.4. The molecule has 0 aliphatic heterocycles. The molecule has 2 rings (SSSR count). The van der Waals surface area contributed by atoms with Crippen molar-refractivity contribution in [1.29, 1.82) is 0 Å². The first-order chi connectivity index (χ1) is 8.22. The molecule has 2 atom stereocenters. The Labute approximate surface area is 106 Å². The van der Waals surface area contributed by atoms with Gasteiger partial charge >= 0.3 is 0 Å². The molecular weight excluding hydrogens is 206 g/mol. The second kappa shape index (κ2) is 5.68. The molecule has 0 amide bonds. The molecule has 17 heavy (non-hydrogen) atoms. The van der Waals surface area contributed by atoms with Crippen LogP contribution < -0.4 is 5.32 Å². The number of benzene rings is 1. The molecule has 1 aromatic carbocycles. The van der Waals surface area contributed by atoms with E-state index in [4.69, 9.17) is 0 Å². The minimum absolute atomic E-state index is 0.775. The van der Waals surface area contributed by atoms with Gasteiger partial charge in [0.1, 0.15) is 0 Å². The molecule has 0 saturated heterocycles. The maximum atomic E-state index is 3.37. The zero-order valence-electron chi connectivity index (χ0n) is 11.4. The summed E-state index contributed by atoms with van der Waals surface area (Å²) in [5, 5.41) is 3.37.